The zero-order valence-electron chi connectivity index (χ0n) is 10.3. The van der Waals surface area contributed by atoms with Gasteiger partial charge in [0.1, 0.15) is 16.7 Å². The molecule has 1 spiro atoms. The van der Waals surface area contributed by atoms with Gasteiger partial charge in [-0.05, 0) is 5.92 Å². The largest absolute Gasteiger partial charge is 0.386 e. The number of aliphatic imine (C=N–C) groups is 1. The smallest absolute Gasteiger partial charge is 0.230 e. The van der Waals surface area contributed by atoms with Crippen LogP contribution in [0.15, 0.2) is 4.99 Å². The molecule has 0 aromatic rings. The Morgan fingerprint density at radius 2 is 2.22 bits per heavy atom. The molecule has 18 heavy (non-hydrogen) atoms. The van der Waals surface area contributed by atoms with E-state index in [-0.39, 0.29) is 17.7 Å². The van der Waals surface area contributed by atoms with Crippen molar-refractivity contribution in [3.8, 4) is 12.1 Å². The fourth-order valence-electron chi connectivity index (χ4n) is 3.78. The van der Waals surface area contributed by atoms with E-state index in [0.29, 0.717) is 6.61 Å². The van der Waals surface area contributed by atoms with Crippen LogP contribution in [0.5, 0.6) is 0 Å². The van der Waals surface area contributed by atoms with Gasteiger partial charge in [-0.2, -0.15) is 10.5 Å². The molecule has 2 fully saturated rings. The van der Waals surface area contributed by atoms with Crippen LogP contribution in [0.25, 0.3) is 0 Å². The normalized spacial score (nSPS) is 48.7. The van der Waals surface area contributed by atoms with E-state index in [1.807, 2.05) is 13.8 Å². The lowest BCUT2D eigenvalue weighted by Crippen LogP contribution is -2.34. The zero-order chi connectivity index (χ0) is 13.2. The quantitative estimate of drug-likeness (QED) is 0.763. The second kappa shape index (κ2) is 3.20. The third-order valence-electron chi connectivity index (χ3n) is 4.34. The summed E-state index contributed by atoms with van der Waals surface area (Å²) in [5.41, 5.74) is 4.13. The maximum atomic E-state index is 9.70. The molecule has 1 aliphatic carbocycles. The molecule has 0 amide bonds. The molecular weight excluding hydrogens is 248 g/mol. The molecular formula is C12H14N4OS. The monoisotopic (exact) mass is 262 g/mol. The maximum absolute atomic E-state index is 9.70. The van der Waals surface area contributed by atoms with E-state index in [1.165, 1.54) is 11.8 Å². The van der Waals surface area contributed by atoms with Gasteiger partial charge in [-0.25, -0.2) is 4.99 Å². The Kier molecular flexibility index (Phi) is 2.10. The summed E-state index contributed by atoms with van der Waals surface area (Å²) in [4.78, 5) is 4.36. The first-order chi connectivity index (χ1) is 8.52. The molecule has 3 aliphatic rings. The van der Waals surface area contributed by atoms with Gasteiger partial charge < -0.3 is 10.5 Å². The molecule has 0 aromatic heterocycles. The van der Waals surface area contributed by atoms with Crippen LogP contribution < -0.4 is 5.73 Å². The van der Waals surface area contributed by atoms with Crippen molar-refractivity contribution in [3.05, 3.63) is 0 Å². The molecule has 0 aromatic carbocycles. The van der Waals surface area contributed by atoms with E-state index in [0.717, 1.165) is 5.75 Å². The number of amidine groups is 1. The second-order valence-electron chi connectivity index (χ2n) is 5.34. The number of nitrogens with two attached hydrogens (primary N) is 1. The van der Waals surface area contributed by atoms with E-state index < -0.39 is 15.9 Å². The Balaban J connectivity index is 2.21. The van der Waals surface area contributed by atoms with Crippen molar-refractivity contribution < 1.29 is 4.74 Å². The van der Waals surface area contributed by atoms with Crippen molar-refractivity contribution in [3.63, 3.8) is 0 Å². The Bertz CT molecular complexity index is 525. The summed E-state index contributed by atoms with van der Waals surface area (Å²) >= 11 is 1.50. The highest BCUT2D eigenvalue weighted by Gasteiger charge is 2.93. The number of hydrogen-bond donors (Lipinski definition) is 1. The summed E-state index contributed by atoms with van der Waals surface area (Å²) in [7, 11) is 0. The summed E-state index contributed by atoms with van der Waals surface area (Å²) < 4.78 is 5.75. The first-order valence-corrected chi connectivity index (χ1v) is 6.97. The fourth-order valence-corrected chi connectivity index (χ4v) is 5.12. The van der Waals surface area contributed by atoms with Gasteiger partial charge in [-0.15, -0.1) is 0 Å². The lowest BCUT2D eigenvalue weighted by atomic mass is 9.95. The number of nitrogens with zero attached hydrogens (tertiary/aromatic N) is 3. The molecule has 0 radical (unpaired) electrons. The molecule has 3 rings (SSSR count). The average Bonchev–Trinajstić information content (AvgIpc) is 2.62. The van der Waals surface area contributed by atoms with E-state index in [4.69, 9.17) is 10.5 Å². The fraction of sp³-hybridized carbons (Fsp3) is 0.750. The lowest BCUT2D eigenvalue weighted by molar-refractivity contribution is 0.0145. The van der Waals surface area contributed by atoms with Gasteiger partial charge in [-0.1, -0.05) is 25.6 Å². The highest BCUT2D eigenvalue weighted by molar-refractivity contribution is 8.00. The predicted octanol–water partition coefficient (Wildman–Crippen LogP) is 1.08. The number of fused-ring (bicyclic) bond motifs is 2. The molecule has 1 saturated heterocycles. The van der Waals surface area contributed by atoms with Gasteiger partial charge in [0.25, 0.3) is 0 Å². The number of thioether (sulfide) groups is 1. The van der Waals surface area contributed by atoms with E-state index in [2.05, 4.69) is 17.1 Å². The van der Waals surface area contributed by atoms with Gasteiger partial charge in [0, 0.05) is 11.7 Å². The Morgan fingerprint density at radius 3 is 2.61 bits per heavy atom. The SMILES string of the molecule is CC(C)[C@H]1[C@@]2(C#N)[C@@]3(N=C(N)[C@@]12C#N)OCCS3. The van der Waals surface area contributed by atoms with Crippen molar-refractivity contribution in [1.82, 2.24) is 0 Å². The van der Waals surface area contributed by atoms with Gasteiger partial charge in [0.15, 0.2) is 0 Å². The van der Waals surface area contributed by atoms with E-state index in [1.54, 1.807) is 0 Å². The molecule has 0 bridgehead atoms. The second-order valence-corrected chi connectivity index (χ2v) is 6.59. The number of hydrogen-bond acceptors (Lipinski definition) is 6. The van der Waals surface area contributed by atoms with Crippen LogP contribution in [0.1, 0.15) is 13.8 Å². The summed E-state index contributed by atoms with van der Waals surface area (Å²) in [5.74, 6) is 1.16. The van der Waals surface area contributed by atoms with Crippen molar-refractivity contribution in [2.45, 2.75) is 18.9 Å². The topological polar surface area (TPSA) is 95.2 Å². The van der Waals surface area contributed by atoms with E-state index >= 15 is 0 Å². The Labute approximate surface area is 110 Å². The molecule has 5 nitrogen and oxygen atoms in total. The lowest BCUT2D eigenvalue weighted by Gasteiger charge is -2.26. The number of ether oxygens (including phenoxy) is 1. The van der Waals surface area contributed by atoms with Crippen molar-refractivity contribution in [2.24, 2.45) is 33.4 Å². The molecule has 2 heterocycles. The van der Waals surface area contributed by atoms with Crippen LogP contribution in [0.3, 0.4) is 0 Å². The first-order valence-electron chi connectivity index (χ1n) is 5.98. The van der Waals surface area contributed by atoms with Crippen LogP contribution in [0.2, 0.25) is 0 Å². The Hall–Kier alpha value is -1.24. The summed E-state index contributed by atoms with van der Waals surface area (Å²) in [6.45, 7) is 4.58. The van der Waals surface area contributed by atoms with Gasteiger partial charge >= 0.3 is 0 Å². The molecule has 94 valence electrons. The van der Waals surface area contributed by atoms with Crippen LogP contribution >= 0.6 is 11.8 Å². The van der Waals surface area contributed by atoms with Crippen LogP contribution in [-0.2, 0) is 4.74 Å². The molecule has 2 N–H and O–H groups in total. The van der Waals surface area contributed by atoms with E-state index in [9.17, 15) is 10.5 Å². The van der Waals surface area contributed by atoms with Crippen LogP contribution in [-0.4, -0.2) is 23.3 Å². The molecule has 6 heteroatoms. The molecule has 1 saturated carbocycles. The first kappa shape index (κ1) is 11.8. The number of rotatable bonds is 1. The van der Waals surface area contributed by atoms with Gasteiger partial charge in [-0.3, -0.25) is 0 Å². The minimum atomic E-state index is -0.951. The minimum Gasteiger partial charge on any atom is -0.386 e. The predicted molar refractivity (Wildman–Crippen MR) is 67.2 cm³/mol. The standard InChI is InChI=1S/C12H14N4OS/c1-7(2)8-10(5-13)9(15)16-12(11(8,10)6-14)17-3-4-18-12/h7-8H,3-4H2,1-2H3,(H2,15,16)/t8-,10-,11-,12-/m1/s1. The summed E-state index contributed by atoms with van der Waals surface area (Å²) in [5, 5.41) is 18.3. The van der Waals surface area contributed by atoms with Crippen molar-refractivity contribution in [2.75, 3.05) is 12.4 Å². The minimum absolute atomic E-state index is 0.0944. The Morgan fingerprint density at radius 1 is 1.50 bits per heavy atom. The highest BCUT2D eigenvalue weighted by Crippen LogP contribution is 2.82. The maximum Gasteiger partial charge on any atom is 0.230 e. The molecule has 2 aliphatic heterocycles. The molecule has 4 atom stereocenters. The summed E-state index contributed by atoms with van der Waals surface area (Å²) in [6.07, 6.45) is 0. The molecule has 0 unspecified atom stereocenters. The van der Waals surface area contributed by atoms with Crippen molar-refractivity contribution in [1.29, 1.82) is 10.5 Å². The third kappa shape index (κ3) is 0.867. The third-order valence-corrected chi connectivity index (χ3v) is 5.63. The van der Waals surface area contributed by atoms with Crippen LogP contribution in [0, 0.1) is 45.3 Å². The highest BCUT2D eigenvalue weighted by atomic mass is 32.2. The average molecular weight is 262 g/mol. The van der Waals surface area contributed by atoms with Crippen molar-refractivity contribution >= 4 is 17.6 Å². The van der Waals surface area contributed by atoms with Gasteiger partial charge in [0.2, 0.25) is 5.06 Å². The zero-order valence-corrected chi connectivity index (χ0v) is 11.1. The van der Waals surface area contributed by atoms with Crippen LogP contribution in [0.4, 0.5) is 0 Å². The number of nitriles is 2. The summed E-state index contributed by atoms with van der Waals surface area (Å²) in [6, 6.07) is 4.60. The van der Waals surface area contributed by atoms with Gasteiger partial charge in [0.05, 0.1) is 18.7 Å².